The van der Waals surface area contributed by atoms with Gasteiger partial charge in [0.1, 0.15) is 5.69 Å². The third-order valence-corrected chi connectivity index (χ3v) is 7.36. The number of nitro groups is 1. The maximum absolute atomic E-state index is 11.8. The average Bonchev–Trinajstić information content (AvgIpc) is 2.93. The highest BCUT2D eigenvalue weighted by molar-refractivity contribution is 7.86. The number of nitrogens with zero attached hydrogens (tertiary/aromatic N) is 5. The van der Waals surface area contributed by atoms with Crippen molar-refractivity contribution in [2.24, 2.45) is 20.5 Å². The van der Waals surface area contributed by atoms with Crippen LogP contribution in [0, 0.1) is 10.1 Å². The van der Waals surface area contributed by atoms with Gasteiger partial charge in [-0.15, -0.1) is 15.3 Å². The number of fused-ring (bicyclic) bond motifs is 1. The Morgan fingerprint density at radius 1 is 0.786 bits per heavy atom. The predicted octanol–water partition coefficient (Wildman–Crippen LogP) is 5.78. The molecule has 4 rings (SSSR count). The molecule has 0 amide bonds. The minimum absolute atomic E-state index is 0.00549. The zero-order valence-corrected chi connectivity index (χ0v) is 22.6. The molecular formula is C24H17N5O11S2. The highest BCUT2D eigenvalue weighted by Gasteiger charge is 2.27. The fourth-order valence-corrected chi connectivity index (χ4v) is 4.82. The molecule has 0 bridgehead atoms. The minimum Gasteiger partial charge on any atom is -0.494 e. The van der Waals surface area contributed by atoms with E-state index in [9.17, 15) is 40.8 Å². The van der Waals surface area contributed by atoms with Crippen LogP contribution in [0.15, 0.2) is 97.0 Å². The summed E-state index contributed by atoms with van der Waals surface area (Å²) in [6.45, 7) is 0. The molecule has 0 saturated carbocycles. The maximum atomic E-state index is 11.8. The number of azo groups is 2. The zero-order chi connectivity index (χ0) is 30.8. The molecule has 4 aromatic carbocycles. The summed E-state index contributed by atoms with van der Waals surface area (Å²) >= 11 is 0. The van der Waals surface area contributed by atoms with Gasteiger partial charge >= 0.3 is 16.1 Å². The van der Waals surface area contributed by atoms with Crippen molar-refractivity contribution in [2.45, 2.75) is 9.79 Å². The molecule has 4 aromatic rings. The number of rotatable bonds is 9. The van der Waals surface area contributed by atoms with Crippen molar-refractivity contribution in [3.8, 4) is 5.75 Å². The Bertz CT molecular complexity index is 2030. The van der Waals surface area contributed by atoms with Crippen LogP contribution in [0.25, 0.3) is 10.8 Å². The van der Waals surface area contributed by atoms with Crippen molar-refractivity contribution in [3.63, 3.8) is 0 Å². The van der Waals surface area contributed by atoms with E-state index in [0.29, 0.717) is 17.1 Å². The molecule has 3 N–H and O–H groups in total. The Kier molecular flexibility index (Phi) is 8.07. The van der Waals surface area contributed by atoms with E-state index in [-0.39, 0.29) is 33.8 Å². The zero-order valence-electron chi connectivity index (χ0n) is 21.0. The van der Waals surface area contributed by atoms with Gasteiger partial charge in [0, 0.05) is 10.8 Å². The molecule has 0 unspecified atom stereocenters. The lowest BCUT2D eigenvalue weighted by Crippen LogP contribution is -2.03. The standard InChI is InChI=1S/C24H17N5O11S2/c1-40-22-12-21(29(32)33)23(42(37,38)39)11-20(22)28-27-19-9-8-18(16-7-6-15(10-17(16)19)41(34,35)36)26-25-14-4-2-13(3-5-14)24(30)31/h2-12H,1H3,(H,30,31)(H,34,35,36)(H,37,38,39). The lowest BCUT2D eigenvalue weighted by Gasteiger charge is -2.08. The molecule has 0 fully saturated rings. The monoisotopic (exact) mass is 615 g/mol. The summed E-state index contributed by atoms with van der Waals surface area (Å²) in [5.41, 5.74) is -0.734. The van der Waals surface area contributed by atoms with Crippen molar-refractivity contribution in [3.05, 3.63) is 82.4 Å². The molecule has 0 aromatic heterocycles. The molecule has 0 atom stereocenters. The molecular weight excluding hydrogens is 598 g/mol. The summed E-state index contributed by atoms with van der Waals surface area (Å²) < 4.78 is 71.2. The SMILES string of the molecule is COc1cc([N+](=O)[O-])c(S(=O)(=O)O)cc1N=Nc1ccc(N=Nc2ccc(C(=O)O)cc2)c2ccc(S(=O)(=O)O)cc12. The molecule has 0 spiro atoms. The maximum Gasteiger partial charge on any atom is 0.335 e. The van der Waals surface area contributed by atoms with Gasteiger partial charge in [-0.25, -0.2) is 4.79 Å². The molecule has 216 valence electrons. The first kappa shape index (κ1) is 29.8. The number of nitro benzene ring substituents is 1. The highest BCUT2D eigenvalue weighted by Crippen LogP contribution is 2.40. The molecule has 0 aliphatic carbocycles. The number of ether oxygens (including phenoxy) is 1. The van der Waals surface area contributed by atoms with E-state index in [1.807, 2.05) is 0 Å². The fraction of sp³-hybridized carbons (Fsp3) is 0.0417. The Balaban J connectivity index is 1.85. The Morgan fingerprint density at radius 2 is 1.38 bits per heavy atom. The van der Waals surface area contributed by atoms with Crippen LogP contribution in [-0.2, 0) is 20.2 Å². The van der Waals surface area contributed by atoms with E-state index in [2.05, 4.69) is 20.5 Å². The summed E-state index contributed by atoms with van der Waals surface area (Å²) in [4.78, 5) is 19.8. The molecule has 18 heteroatoms. The van der Waals surface area contributed by atoms with Crippen LogP contribution < -0.4 is 4.74 Å². The molecule has 0 aliphatic rings. The minimum atomic E-state index is -5.05. The van der Waals surface area contributed by atoms with Crippen LogP contribution in [0.4, 0.5) is 28.4 Å². The van der Waals surface area contributed by atoms with Crippen LogP contribution in [0.2, 0.25) is 0 Å². The molecule has 16 nitrogen and oxygen atoms in total. The number of methoxy groups -OCH3 is 1. The van der Waals surface area contributed by atoms with Gasteiger partial charge in [0.15, 0.2) is 10.6 Å². The van der Waals surface area contributed by atoms with Crippen LogP contribution in [0.3, 0.4) is 0 Å². The van der Waals surface area contributed by atoms with Gasteiger partial charge < -0.3 is 9.84 Å². The molecule has 0 heterocycles. The first-order valence-electron chi connectivity index (χ1n) is 11.2. The Hall–Kier alpha value is -5.17. The summed E-state index contributed by atoms with van der Waals surface area (Å²) in [6.07, 6.45) is 0. The number of hydrogen-bond acceptors (Lipinski definition) is 12. The average molecular weight is 616 g/mol. The Labute approximate surface area is 236 Å². The van der Waals surface area contributed by atoms with Crippen molar-refractivity contribution in [1.82, 2.24) is 0 Å². The molecule has 42 heavy (non-hydrogen) atoms. The number of aromatic carboxylic acids is 1. The van der Waals surface area contributed by atoms with Crippen LogP contribution in [-0.4, -0.2) is 49.1 Å². The summed E-state index contributed by atoms with van der Waals surface area (Å²) in [6, 6.07) is 13.2. The van der Waals surface area contributed by atoms with Crippen molar-refractivity contribution in [1.29, 1.82) is 0 Å². The molecule has 0 aliphatic heterocycles. The third kappa shape index (κ3) is 6.41. The van der Waals surface area contributed by atoms with Gasteiger partial charge in [-0.2, -0.15) is 21.9 Å². The third-order valence-electron chi connectivity index (χ3n) is 5.63. The predicted molar refractivity (Wildman–Crippen MR) is 145 cm³/mol. The lowest BCUT2D eigenvalue weighted by atomic mass is 10.1. The Morgan fingerprint density at radius 3 is 1.93 bits per heavy atom. The summed E-state index contributed by atoms with van der Waals surface area (Å²) in [7, 11) is -8.58. The van der Waals surface area contributed by atoms with E-state index in [1.165, 1.54) is 42.5 Å². The topological polar surface area (TPSA) is 248 Å². The van der Waals surface area contributed by atoms with Crippen LogP contribution in [0.5, 0.6) is 5.75 Å². The lowest BCUT2D eigenvalue weighted by molar-refractivity contribution is -0.387. The number of carbonyl (C=O) groups is 1. The van der Waals surface area contributed by atoms with Crippen molar-refractivity contribution in [2.75, 3.05) is 7.11 Å². The van der Waals surface area contributed by atoms with Gasteiger partial charge in [-0.05, 0) is 54.6 Å². The second-order valence-corrected chi connectivity index (χ2v) is 11.1. The van der Waals surface area contributed by atoms with E-state index < -0.39 is 46.6 Å². The van der Waals surface area contributed by atoms with E-state index in [4.69, 9.17) is 9.84 Å². The second kappa shape index (κ2) is 11.4. The smallest absolute Gasteiger partial charge is 0.335 e. The number of benzene rings is 4. The largest absolute Gasteiger partial charge is 0.494 e. The van der Waals surface area contributed by atoms with Crippen LogP contribution in [0.1, 0.15) is 10.4 Å². The van der Waals surface area contributed by atoms with E-state index >= 15 is 0 Å². The summed E-state index contributed by atoms with van der Waals surface area (Å²) in [5, 5.41) is 36.8. The van der Waals surface area contributed by atoms with Gasteiger partial charge in [0.25, 0.3) is 15.8 Å². The second-order valence-electron chi connectivity index (χ2n) is 8.26. The normalized spacial score (nSPS) is 12.3. The van der Waals surface area contributed by atoms with Gasteiger partial charge in [0.2, 0.25) is 0 Å². The van der Waals surface area contributed by atoms with Gasteiger partial charge in [-0.1, -0.05) is 6.07 Å². The van der Waals surface area contributed by atoms with Crippen molar-refractivity contribution < 1.29 is 45.5 Å². The van der Waals surface area contributed by atoms with Gasteiger partial charge in [-0.3, -0.25) is 19.2 Å². The number of hydrogen-bond donors (Lipinski definition) is 3. The summed E-state index contributed by atoms with van der Waals surface area (Å²) in [5.74, 6) is -1.38. The molecule has 0 radical (unpaired) electrons. The van der Waals surface area contributed by atoms with Crippen molar-refractivity contribution >= 4 is 65.4 Å². The van der Waals surface area contributed by atoms with E-state index in [0.717, 1.165) is 25.3 Å². The number of carboxylic acids is 1. The highest BCUT2D eigenvalue weighted by atomic mass is 32.2. The molecule has 0 saturated heterocycles. The first-order valence-corrected chi connectivity index (χ1v) is 14.1. The fourth-order valence-electron chi connectivity index (χ4n) is 3.65. The van der Waals surface area contributed by atoms with Gasteiger partial charge in [0.05, 0.1) is 45.6 Å². The first-order chi connectivity index (χ1) is 19.7. The van der Waals surface area contributed by atoms with E-state index in [1.54, 1.807) is 0 Å². The quantitative estimate of drug-likeness (QED) is 0.0880. The van der Waals surface area contributed by atoms with Crippen LogP contribution >= 0.6 is 0 Å². The number of carboxylic acid groups (broad SMARTS) is 1.